The van der Waals surface area contributed by atoms with Gasteiger partial charge < -0.3 is 14.8 Å². The number of aldehydes is 1. The van der Waals surface area contributed by atoms with Crippen LogP contribution in [-0.4, -0.2) is 39.7 Å². The maximum atomic E-state index is 12.7. The number of carbonyl (C=O) groups excluding carboxylic acids is 1. The van der Waals surface area contributed by atoms with E-state index >= 15 is 0 Å². The molecule has 0 saturated heterocycles. The minimum Gasteiger partial charge on any atom is -0.465 e. The summed E-state index contributed by atoms with van der Waals surface area (Å²) in [4.78, 5) is 37.7. The van der Waals surface area contributed by atoms with Gasteiger partial charge in [-0.05, 0) is 94.3 Å². The third-order valence-corrected chi connectivity index (χ3v) is 7.93. The lowest BCUT2D eigenvalue weighted by Crippen LogP contribution is -2.49. The highest BCUT2D eigenvalue weighted by Gasteiger charge is 2.32. The standard InChI is InChI=1S/C35H39N3O5/c1-35(2,3)36-27-14-16-28(17-15-27)38(33(40)41)30-18-12-24(21-29(30)26-10-5-4-6-11-26)9-7-8-20-37-31-19-13-25(23-39)22-32(31)43-34(37)42/h4-7,9-13,18-19,21-23,27-28,36H,8,14-17,20H2,1-3H3,(H,40,41)/b9-7+. The molecule has 1 aromatic heterocycles. The quantitative estimate of drug-likeness (QED) is 0.200. The van der Waals surface area contributed by atoms with E-state index in [4.69, 9.17) is 4.42 Å². The van der Waals surface area contributed by atoms with E-state index in [0.29, 0.717) is 41.4 Å². The maximum Gasteiger partial charge on any atom is 0.419 e. The molecule has 0 radical (unpaired) electrons. The molecule has 1 amide bonds. The number of carboxylic acid groups (broad SMARTS) is 1. The Morgan fingerprint density at radius 1 is 1.02 bits per heavy atom. The highest BCUT2D eigenvalue weighted by atomic mass is 16.4. The molecule has 1 aliphatic carbocycles. The van der Waals surface area contributed by atoms with Crippen LogP contribution in [0.5, 0.6) is 0 Å². The molecule has 0 unspecified atom stereocenters. The Morgan fingerprint density at radius 2 is 1.74 bits per heavy atom. The molecular formula is C35H39N3O5. The molecule has 0 aliphatic heterocycles. The van der Waals surface area contributed by atoms with Crippen LogP contribution in [0.15, 0.2) is 82.0 Å². The first-order chi connectivity index (χ1) is 20.6. The van der Waals surface area contributed by atoms with E-state index in [-0.39, 0.29) is 11.6 Å². The molecule has 0 bridgehead atoms. The maximum absolute atomic E-state index is 12.7. The summed E-state index contributed by atoms with van der Waals surface area (Å²) in [5.41, 5.74) is 4.96. The zero-order valence-corrected chi connectivity index (χ0v) is 25.0. The average Bonchev–Trinajstić information content (AvgIpc) is 3.30. The van der Waals surface area contributed by atoms with Gasteiger partial charge in [0.25, 0.3) is 0 Å². The Kier molecular flexibility index (Phi) is 8.97. The third-order valence-electron chi connectivity index (χ3n) is 7.93. The molecule has 0 spiro atoms. The number of hydrogen-bond acceptors (Lipinski definition) is 5. The molecule has 224 valence electrons. The lowest BCUT2D eigenvalue weighted by molar-refractivity contribution is 0.112. The van der Waals surface area contributed by atoms with Crippen molar-refractivity contribution in [1.82, 2.24) is 9.88 Å². The number of hydrogen-bond donors (Lipinski definition) is 2. The fourth-order valence-corrected chi connectivity index (χ4v) is 6.05. The highest BCUT2D eigenvalue weighted by molar-refractivity contribution is 5.94. The van der Waals surface area contributed by atoms with Gasteiger partial charge in [0.15, 0.2) is 5.58 Å². The number of allylic oxidation sites excluding steroid dienone is 1. The van der Waals surface area contributed by atoms with Crippen LogP contribution in [0, 0.1) is 0 Å². The van der Waals surface area contributed by atoms with E-state index < -0.39 is 11.8 Å². The van der Waals surface area contributed by atoms with Gasteiger partial charge in [0, 0.05) is 35.3 Å². The Labute approximate surface area is 251 Å². The van der Waals surface area contributed by atoms with Gasteiger partial charge in [0.05, 0.1) is 11.2 Å². The number of carbonyl (C=O) groups is 2. The second-order valence-electron chi connectivity index (χ2n) is 12.3. The fraction of sp³-hybridized carbons (Fsp3) is 0.343. The molecule has 4 aromatic rings. The molecule has 1 fully saturated rings. The molecule has 0 atom stereocenters. The number of nitrogens with zero attached hydrogens (tertiary/aromatic N) is 2. The first-order valence-corrected chi connectivity index (χ1v) is 14.9. The lowest BCUT2D eigenvalue weighted by Gasteiger charge is -2.38. The lowest BCUT2D eigenvalue weighted by atomic mass is 9.88. The minimum absolute atomic E-state index is 0.0250. The number of nitrogens with one attached hydrogen (secondary N) is 1. The topological polar surface area (TPSA) is 105 Å². The van der Waals surface area contributed by atoms with Gasteiger partial charge in [-0.3, -0.25) is 14.3 Å². The van der Waals surface area contributed by atoms with E-state index in [1.807, 2.05) is 60.7 Å². The number of fused-ring (bicyclic) bond motifs is 1. The zero-order valence-electron chi connectivity index (χ0n) is 25.0. The highest BCUT2D eigenvalue weighted by Crippen LogP contribution is 2.36. The van der Waals surface area contributed by atoms with E-state index in [9.17, 15) is 19.5 Å². The molecule has 43 heavy (non-hydrogen) atoms. The Hall–Kier alpha value is -4.43. The summed E-state index contributed by atoms with van der Waals surface area (Å²) in [5.74, 6) is -0.459. The van der Waals surface area contributed by atoms with Gasteiger partial charge in [-0.15, -0.1) is 0 Å². The normalized spacial score (nSPS) is 17.4. The molecular weight excluding hydrogens is 542 g/mol. The van der Waals surface area contributed by atoms with Gasteiger partial charge in [0.1, 0.15) is 6.29 Å². The van der Waals surface area contributed by atoms with Crippen molar-refractivity contribution in [3.8, 4) is 11.1 Å². The van der Waals surface area contributed by atoms with Crippen LogP contribution in [0.4, 0.5) is 10.5 Å². The Morgan fingerprint density at radius 3 is 2.42 bits per heavy atom. The molecule has 2 N–H and O–H groups in total. The number of aromatic nitrogens is 1. The van der Waals surface area contributed by atoms with Crippen molar-refractivity contribution in [2.45, 2.75) is 77.0 Å². The summed E-state index contributed by atoms with van der Waals surface area (Å²) in [6.45, 7) is 6.91. The number of amides is 1. The van der Waals surface area contributed by atoms with Crippen LogP contribution in [0.25, 0.3) is 28.3 Å². The summed E-state index contributed by atoms with van der Waals surface area (Å²) in [6.07, 6.45) is 7.81. The number of benzene rings is 3. The molecule has 8 heteroatoms. The van der Waals surface area contributed by atoms with Crippen molar-refractivity contribution < 1.29 is 19.1 Å². The molecule has 8 nitrogen and oxygen atoms in total. The summed E-state index contributed by atoms with van der Waals surface area (Å²) in [7, 11) is 0. The number of anilines is 1. The van der Waals surface area contributed by atoms with E-state index in [1.54, 1.807) is 27.7 Å². The first-order valence-electron chi connectivity index (χ1n) is 14.9. The fourth-order valence-electron chi connectivity index (χ4n) is 6.05. The zero-order chi connectivity index (χ0) is 30.6. The van der Waals surface area contributed by atoms with Gasteiger partial charge in [-0.1, -0.05) is 48.6 Å². The van der Waals surface area contributed by atoms with Gasteiger partial charge in [0.2, 0.25) is 0 Å². The largest absolute Gasteiger partial charge is 0.465 e. The summed E-state index contributed by atoms with van der Waals surface area (Å²) in [5, 5.41) is 14.1. The predicted octanol–water partition coefficient (Wildman–Crippen LogP) is 7.36. The predicted molar refractivity (Wildman–Crippen MR) is 171 cm³/mol. The number of aryl methyl sites for hydroxylation is 1. The van der Waals surface area contributed by atoms with Crippen LogP contribution >= 0.6 is 0 Å². The van der Waals surface area contributed by atoms with Crippen LogP contribution in [0.1, 0.15) is 68.8 Å². The molecule has 1 saturated carbocycles. The van der Waals surface area contributed by atoms with Gasteiger partial charge in [-0.25, -0.2) is 9.59 Å². The van der Waals surface area contributed by atoms with Crippen LogP contribution in [0.2, 0.25) is 0 Å². The van der Waals surface area contributed by atoms with Crippen LogP contribution in [0.3, 0.4) is 0 Å². The number of oxazole rings is 1. The molecule has 1 aliphatic rings. The summed E-state index contributed by atoms with van der Waals surface area (Å²) in [6, 6.07) is 21.0. The Bertz CT molecular complexity index is 1670. The Balaban J connectivity index is 1.36. The SMILES string of the molecule is CC(C)(C)NC1CCC(N(C(=O)O)c2ccc(/C=C/CCn3c(=O)oc4cc(C=O)ccc43)cc2-c2ccccc2)CC1. The van der Waals surface area contributed by atoms with Crippen molar-refractivity contribution in [2.75, 3.05) is 4.90 Å². The van der Waals surface area contributed by atoms with Crippen LogP contribution < -0.4 is 16.0 Å². The molecule has 3 aromatic carbocycles. The first kappa shape index (κ1) is 30.0. The van der Waals surface area contributed by atoms with Crippen molar-refractivity contribution >= 4 is 35.2 Å². The van der Waals surface area contributed by atoms with Crippen molar-refractivity contribution in [3.05, 3.63) is 94.5 Å². The summed E-state index contributed by atoms with van der Waals surface area (Å²) < 4.78 is 6.88. The van der Waals surface area contributed by atoms with Crippen molar-refractivity contribution in [2.24, 2.45) is 0 Å². The van der Waals surface area contributed by atoms with Crippen molar-refractivity contribution in [3.63, 3.8) is 0 Å². The second kappa shape index (κ2) is 12.8. The van der Waals surface area contributed by atoms with Gasteiger partial charge in [-0.2, -0.15) is 0 Å². The second-order valence-corrected chi connectivity index (χ2v) is 12.3. The van der Waals surface area contributed by atoms with Gasteiger partial charge >= 0.3 is 11.8 Å². The van der Waals surface area contributed by atoms with Crippen molar-refractivity contribution in [1.29, 1.82) is 0 Å². The summed E-state index contributed by atoms with van der Waals surface area (Å²) >= 11 is 0. The monoisotopic (exact) mass is 581 g/mol. The third kappa shape index (κ3) is 7.14. The molecule has 5 rings (SSSR count). The smallest absolute Gasteiger partial charge is 0.419 e. The minimum atomic E-state index is -0.939. The van der Waals surface area contributed by atoms with E-state index in [1.165, 1.54) is 0 Å². The molecule has 1 heterocycles. The average molecular weight is 582 g/mol. The van der Waals surface area contributed by atoms with Crippen LogP contribution in [-0.2, 0) is 6.54 Å². The number of rotatable bonds is 9. The van der Waals surface area contributed by atoms with E-state index in [0.717, 1.165) is 48.7 Å². The van der Waals surface area contributed by atoms with E-state index in [2.05, 4.69) is 26.1 Å².